The zero-order valence-electron chi connectivity index (χ0n) is 13.4. The number of rotatable bonds is 6. The van der Waals surface area contributed by atoms with Gasteiger partial charge in [-0.3, -0.25) is 4.72 Å². The van der Waals surface area contributed by atoms with Gasteiger partial charge in [-0.1, -0.05) is 0 Å². The lowest BCUT2D eigenvalue weighted by molar-refractivity contribution is 0.0693. The number of hydrogen-bond donors (Lipinski definition) is 3. The Morgan fingerprint density at radius 2 is 1.63 bits per heavy atom. The van der Waals surface area contributed by atoms with Gasteiger partial charge in [-0.15, -0.1) is 0 Å². The van der Waals surface area contributed by atoms with Crippen LogP contribution in [0.4, 0.5) is 5.69 Å². The molecule has 3 N–H and O–H groups in total. The van der Waals surface area contributed by atoms with Gasteiger partial charge in [-0.2, -0.15) is 5.26 Å². The summed E-state index contributed by atoms with van der Waals surface area (Å²) >= 11 is 0. The van der Waals surface area contributed by atoms with Crippen molar-refractivity contribution in [3.05, 3.63) is 59.5 Å². The minimum absolute atomic E-state index is 0.0307. The second-order valence-corrected chi connectivity index (χ2v) is 8.61. The lowest BCUT2D eigenvalue weighted by Gasteiger charge is -2.10. The van der Waals surface area contributed by atoms with Gasteiger partial charge in [0.25, 0.3) is 10.0 Å². The molecule has 9 nitrogen and oxygen atoms in total. The van der Waals surface area contributed by atoms with Crippen LogP contribution < -0.4 is 4.72 Å². The molecule has 0 radical (unpaired) electrons. The summed E-state index contributed by atoms with van der Waals surface area (Å²) in [4.78, 5) is 10.5. The Bertz CT molecular complexity index is 1160. The Kier molecular flexibility index (Phi) is 5.53. The first-order chi connectivity index (χ1) is 12.6. The maximum atomic E-state index is 12.4. The van der Waals surface area contributed by atoms with E-state index in [-0.39, 0.29) is 10.6 Å². The van der Waals surface area contributed by atoms with Crippen molar-refractivity contribution in [3.8, 4) is 11.8 Å². The van der Waals surface area contributed by atoms with Crippen LogP contribution in [0.25, 0.3) is 0 Å². The maximum Gasteiger partial charge on any atom is 0.339 e. The Morgan fingerprint density at radius 3 is 2.19 bits per heavy atom. The van der Waals surface area contributed by atoms with E-state index in [0.29, 0.717) is 0 Å². The smallest absolute Gasteiger partial charge is 0.339 e. The molecule has 140 valence electrons. The van der Waals surface area contributed by atoms with Crippen LogP contribution in [0.5, 0.6) is 5.75 Å². The number of nitrogens with zero attached hydrogens (tertiary/aromatic N) is 1. The number of nitrogens with one attached hydrogen (secondary N) is 1. The number of anilines is 1. The predicted molar refractivity (Wildman–Crippen MR) is 94.3 cm³/mol. The first-order valence-corrected chi connectivity index (χ1v) is 10.1. The second-order valence-electron chi connectivity index (χ2n) is 5.09. The second kappa shape index (κ2) is 7.48. The van der Waals surface area contributed by atoms with Crippen molar-refractivity contribution in [3.63, 3.8) is 0 Å². The number of phenols is 1. The minimum atomic E-state index is -4.18. The minimum Gasteiger partial charge on any atom is -0.507 e. The van der Waals surface area contributed by atoms with E-state index in [1.807, 2.05) is 0 Å². The van der Waals surface area contributed by atoms with Crippen LogP contribution in [-0.4, -0.2) is 33.0 Å². The van der Waals surface area contributed by atoms with Crippen molar-refractivity contribution < 1.29 is 31.8 Å². The van der Waals surface area contributed by atoms with E-state index in [9.17, 15) is 26.7 Å². The molecular weight excluding hydrogens is 396 g/mol. The van der Waals surface area contributed by atoms with E-state index in [0.717, 1.165) is 41.8 Å². The van der Waals surface area contributed by atoms with Gasteiger partial charge in [0, 0.05) is 17.2 Å². The molecule has 0 saturated heterocycles. The molecule has 0 amide bonds. The number of carboxylic acids is 1. The number of carboxylic acid groups (broad SMARTS) is 1. The molecule has 0 aliphatic heterocycles. The third-order valence-electron chi connectivity index (χ3n) is 3.27. The largest absolute Gasteiger partial charge is 0.507 e. The highest BCUT2D eigenvalue weighted by atomic mass is 32.2. The molecule has 0 heterocycles. The van der Waals surface area contributed by atoms with Crippen LogP contribution >= 0.6 is 0 Å². The Morgan fingerprint density at radius 1 is 1.04 bits per heavy atom. The van der Waals surface area contributed by atoms with Gasteiger partial charge in [0.1, 0.15) is 11.3 Å². The summed E-state index contributed by atoms with van der Waals surface area (Å²) in [5.41, 5.74) is -0.549. The number of benzene rings is 2. The number of nitriles is 1. The average molecular weight is 408 g/mol. The number of hydrogen-bond acceptors (Lipinski definition) is 7. The maximum absolute atomic E-state index is 12.4. The van der Waals surface area contributed by atoms with Gasteiger partial charge >= 0.3 is 5.97 Å². The summed E-state index contributed by atoms with van der Waals surface area (Å²) in [6.45, 7) is 0. The van der Waals surface area contributed by atoms with Crippen LogP contribution in [0.15, 0.2) is 63.7 Å². The van der Waals surface area contributed by atoms with E-state index < -0.39 is 42.0 Å². The van der Waals surface area contributed by atoms with Crippen molar-refractivity contribution in [1.82, 2.24) is 0 Å². The molecule has 0 atom stereocenters. The lowest BCUT2D eigenvalue weighted by Crippen LogP contribution is -2.14. The number of allylic oxidation sites excluding steroid dienone is 1. The van der Waals surface area contributed by atoms with E-state index in [4.69, 9.17) is 10.4 Å². The summed E-state index contributed by atoms with van der Waals surface area (Å²) in [6.07, 6.45) is 0.802. The van der Waals surface area contributed by atoms with Gasteiger partial charge in [0.2, 0.25) is 9.84 Å². The van der Waals surface area contributed by atoms with Crippen molar-refractivity contribution in [2.75, 3.05) is 4.72 Å². The molecule has 0 aromatic heterocycles. The van der Waals surface area contributed by atoms with Gasteiger partial charge in [-0.25, -0.2) is 21.6 Å². The predicted octanol–water partition coefficient (Wildman–Crippen LogP) is 1.70. The summed E-state index contributed by atoms with van der Waals surface area (Å²) in [5.74, 6) is -2.08. The number of sulfonamides is 1. The molecular formula is C16H12N2O7S2. The third-order valence-corrected chi connectivity index (χ3v) is 6.07. The third kappa shape index (κ3) is 4.63. The monoisotopic (exact) mass is 408 g/mol. The first-order valence-electron chi connectivity index (χ1n) is 7.07. The van der Waals surface area contributed by atoms with Crippen LogP contribution in [0.3, 0.4) is 0 Å². The fraction of sp³-hybridized carbons (Fsp3) is 0. The van der Waals surface area contributed by atoms with E-state index in [1.165, 1.54) is 12.1 Å². The number of sulfone groups is 1. The molecule has 0 spiro atoms. The van der Waals surface area contributed by atoms with Gasteiger partial charge in [0.15, 0.2) is 0 Å². The van der Waals surface area contributed by atoms with E-state index in [1.54, 1.807) is 6.07 Å². The van der Waals surface area contributed by atoms with Gasteiger partial charge < -0.3 is 10.2 Å². The molecule has 27 heavy (non-hydrogen) atoms. The number of carbonyl (C=O) groups is 1. The van der Waals surface area contributed by atoms with Gasteiger partial charge in [0.05, 0.1) is 15.9 Å². The van der Waals surface area contributed by atoms with Crippen molar-refractivity contribution in [1.29, 1.82) is 5.26 Å². The molecule has 0 fully saturated rings. The zero-order chi connectivity index (χ0) is 20.2. The zero-order valence-corrected chi connectivity index (χ0v) is 15.0. The topological polar surface area (TPSA) is 162 Å². The average Bonchev–Trinajstić information content (AvgIpc) is 2.60. The summed E-state index contributed by atoms with van der Waals surface area (Å²) in [5, 5.41) is 27.5. The molecule has 0 bridgehead atoms. The molecule has 0 unspecified atom stereocenters. The molecule has 2 aromatic rings. The van der Waals surface area contributed by atoms with Crippen molar-refractivity contribution in [2.24, 2.45) is 0 Å². The fourth-order valence-electron chi connectivity index (χ4n) is 1.98. The molecule has 0 saturated carbocycles. The SMILES string of the molecule is N#CC=CS(=O)(=O)c1ccc(NS(=O)(=O)c2ccc(O)c(C(=O)O)c2)cc1. The summed E-state index contributed by atoms with van der Waals surface area (Å²) in [6, 6.07) is 9.01. The molecule has 0 aliphatic carbocycles. The standard InChI is InChI=1S/C16H12N2O7S2/c17-8-1-9-26(22,23)12-4-2-11(3-5-12)18-27(24,25)13-6-7-15(19)14(10-13)16(20)21/h1-7,9-10,18-19H,(H,20,21). The molecule has 11 heteroatoms. The summed E-state index contributed by atoms with van der Waals surface area (Å²) in [7, 11) is -8.01. The number of aromatic hydroxyl groups is 1. The molecule has 0 aliphatic rings. The first kappa shape index (κ1) is 20.0. The Balaban J connectivity index is 2.32. The number of aromatic carboxylic acids is 1. The normalized spacial score (nSPS) is 11.8. The van der Waals surface area contributed by atoms with Crippen LogP contribution in [0, 0.1) is 11.3 Å². The van der Waals surface area contributed by atoms with Crippen molar-refractivity contribution >= 4 is 31.5 Å². The lowest BCUT2D eigenvalue weighted by atomic mass is 10.2. The molecule has 2 aromatic carbocycles. The Labute approximate surface area is 154 Å². The van der Waals surface area contributed by atoms with Crippen LogP contribution in [0.1, 0.15) is 10.4 Å². The molecule has 2 rings (SSSR count). The van der Waals surface area contributed by atoms with Crippen molar-refractivity contribution in [2.45, 2.75) is 9.79 Å². The van der Waals surface area contributed by atoms with Crippen LogP contribution in [0.2, 0.25) is 0 Å². The highest BCUT2D eigenvalue weighted by Crippen LogP contribution is 2.24. The summed E-state index contributed by atoms with van der Waals surface area (Å²) < 4.78 is 50.7. The van der Waals surface area contributed by atoms with E-state index in [2.05, 4.69) is 4.72 Å². The van der Waals surface area contributed by atoms with Gasteiger partial charge in [-0.05, 0) is 42.5 Å². The highest BCUT2D eigenvalue weighted by molar-refractivity contribution is 7.94. The highest BCUT2D eigenvalue weighted by Gasteiger charge is 2.19. The Hall–Kier alpha value is -3.36. The quantitative estimate of drug-likeness (QED) is 0.608. The van der Waals surface area contributed by atoms with E-state index >= 15 is 0 Å². The van der Waals surface area contributed by atoms with Crippen LogP contribution in [-0.2, 0) is 19.9 Å². The fourth-order valence-corrected chi connectivity index (χ4v) is 3.98.